The van der Waals surface area contributed by atoms with Gasteiger partial charge in [-0.2, -0.15) is 0 Å². The van der Waals surface area contributed by atoms with Crippen molar-refractivity contribution in [2.24, 2.45) is 11.8 Å². The van der Waals surface area contributed by atoms with Crippen LogP contribution in [0.15, 0.2) is 18.6 Å². The number of nitrogen functional groups attached to an aromatic ring is 1. The summed E-state index contributed by atoms with van der Waals surface area (Å²) in [6, 6.07) is 0. The molecule has 0 spiro atoms. The largest absolute Gasteiger partial charge is 0.382 e. The number of piperidine rings is 1. The smallest absolute Gasteiger partial charge is 0.180 e. The number of rotatable bonds is 2. The second-order valence-electron chi connectivity index (χ2n) is 5.72. The summed E-state index contributed by atoms with van der Waals surface area (Å²) in [5, 5.41) is 0. The van der Waals surface area contributed by atoms with Crippen LogP contribution in [0.1, 0.15) is 26.7 Å². The topological polar surface area (TPSA) is 59.5 Å². The summed E-state index contributed by atoms with van der Waals surface area (Å²) in [5.41, 5.74) is 6.78. The highest BCUT2D eigenvalue weighted by atomic mass is 15.2. The van der Waals surface area contributed by atoms with Gasteiger partial charge in [0.2, 0.25) is 0 Å². The molecule has 0 unspecified atom stereocenters. The normalized spacial score (nSPS) is 17.5. The Morgan fingerprint density at radius 2 is 2.05 bits per heavy atom. The standard InChI is InChI=1S/C14H21N5/c1-10(2)11-3-6-18(7-4-11)14-13-16-5-8-19(13)9-12(15)17-14/h5,8-11H,3-4,6-7,15H2,1-2H3. The van der Waals surface area contributed by atoms with Crippen molar-refractivity contribution in [3.8, 4) is 0 Å². The van der Waals surface area contributed by atoms with Crippen molar-refractivity contribution in [2.75, 3.05) is 23.7 Å². The molecule has 2 N–H and O–H groups in total. The minimum atomic E-state index is 0.548. The maximum atomic E-state index is 5.88. The predicted octanol–water partition coefficient (Wildman–Crippen LogP) is 2.18. The van der Waals surface area contributed by atoms with E-state index in [1.807, 2.05) is 16.8 Å². The first-order chi connectivity index (χ1) is 9.15. The number of nitrogens with zero attached hydrogens (tertiary/aromatic N) is 4. The fourth-order valence-electron chi connectivity index (χ4n) is 2.92. The van der Waals surface area contributed by atoms with Gasteiger partial charge in [0.1, 0.15) is 5.82 Å². The summed E-state index contributed by atoms with van der Waals surface area (Å²) in [4.78, 5) is 11.2. The third kappa shape index (κ3) is 2.25. The number of aromatic nitrogens is 3. The van der Waals surface area contributed by atoms with Gasteiger partial charge < -0.3 is 15.0 Å². The van der Waals surface area contributed by atoms with Crippen LogP contribution < -0.4 is 10.6 Å². The Kier molecular flexibility index (Phi) is 3.05. The Morgan fingerprint density at radius 3 is 2.74 bits per heavy atom. The average molecular weight is 259 g/mol. The average Bonchev–Trinajstić information content (AvgIpc) is 2.85. The van der Waals surface area contributed by atoms with E-state index in [0.717, 1.165) is 36.4 Å². The highest BCUT2D eigenvalue weighted by Gasteiger charge is 2.24. The molecule has 102 valence electrons. The van der Waals surface area contributed by atoms with Crippen LogP contribution in [-0.4, -0.2) is 27.5 Å². The molecule has 1 saturated heterocycles. The van der Waals surface area contributed by atoms with Gasteiger partial charge in [0, 0.05) is 25.5 Å². The van der Waals surface area contributed by atoms with Crippen molar-refractivity contribution in [3.05, 3.63) is 18.6 Å². The molecule has 0 aliphatic carbocycles. The van der Waals surface area contributed by atoms with Crippen LogP contribution in [-0.2, 0) is 0 Å². The summed E-state index contributed by atoms with van der Waals surface area (Å²) in [7, 11) is 0. The van der Waals surface area contributed by atoms with Crippen molar-refractivity contribution in [2.45, 2.75) is 26.7 Å². The Morgan fingerprint density at radius 1 is 1.32 bits per heavy atom. The van der Waals surface area contributed by atoms with E-state index in [-0.39, 0.29) is 0 Å². The number of fused-ring (bicyclic) bond motifs is 1. The SMILES string of the molecule is CC(C)C1CCN(c2nc(N)cn3ccnc23)CC1. The molecular formula is C14H21N5. The van der Waals surface area contributed by atoms with E-state index in [2.05, 4.69) is 28.7 Å². The lowest BCUT2D eigenvalue weighted by Crippen LogP contribution is -2.36. The Bertz CT molecular complexity index is 566. The number of imidazole rings is 1. The number of nitrogens with two attached hydrogens (primary N) is 1. The summed E-state index contributed by atoms with van der Waals surface area (Å²) < 4.78 is 1.95. The fourth-order valence-corrected chi connectivity index (χ4v) is 2.92. The van der Waals surface area contributed by atoms with E-state index < -0.39 is 0 Å². The highest BCUT2D eigenvalue weighted by molar-refractivity contribution is 5.66. The number of anilines is 2. The Hall–Kier alpha value is -1.78. The van der Waals surface area contributed by atoms with E-state index in [0.29, 0.717) is 5.82 Å². The molecule has 3 heterocycles. The predicted molar refractivity (Wildman–Crippen MR) is 77.2 cm³/mol. The second kappa shape index (κ2) is 4.72. The summed E-state index contributed by atoms with van der Waals surface area (Å²) >= 11 is 0. The van der Waals surface area contributed by atoms with Crippen molar-refractivity contribution >= 4 is 17.3 Å². The third-order valence-corrected chi connectivity index (χ3v) is 4.16. The second-order valence-corrected chi connectivity index (χ2v) is 5.72. The summed E-state index contributed by atoms with van der Waals surface area (Å²) in [6.07, 6.45) is 7.97. The molecule has 0 radical (unpaired) electrons. The van der Waals surface area contributed by atoms with Gasteiger partial charge >= 0.3 is 0 Å². The molecule has 0 bridgehead atoms. The lowest BCUT2D eigenvalue weighted by Gasteiger charge is -2.34. The van der Waals surface area contributed by atoms with Crippen molar-refractivity contribution < 1.29 is 0 Å². The van der Waals surface area contributed by atoms with Crippen LogP contribution in [0.2, 0.25) is 0 Å². The number of hydrogen-bond donors (Lipinski definition) is 1. The van der Waals surface area contributed by atoms with Crippen LogP contribution >= 0.6 is 0 Å². The van der Waals surface area contributed by atoms with Crippen molar-refractivity contribution in [3.63, 3.8) is 0 Å². The first-order valence-corrected chi connectivity index (χ1v) is 6.99. The zero-order valence-corrected chi connectivity index (χ0v) is 11.6. The molecule has 1 fully saturated rings. The van der Waals surface area contributed by atoms with E-state index in [1.54, 1.807) is 6.20 Å². The van der Waals surface area contributed by atoms with Crippen LogP contribution in [0.3, 0.4) is 0 Å². The first kappa shape index (κ1) is 12.3. The molecule has 0 amide bonds. The molecule has 2 aromatic rings. The molecule has 0 aromatic carbocycles. The van der Waals surface area contributed by atoms with E-state index in [1.165, 1.54) is 12.8 Å². The molecule has 2 aromatic heterocycles. The molecule has 19 heavy (non-hydrogen) atoms. The van der Waals surface area contributed by atoms with Crippen LogP contribution in [0.25, 0.3) is 5.65 Å². The van der Waals surface area contributed by atoms with Gasteiger partial charge in [-0.1, -0.05) is 13.8 Å². The van der Waals surface area contributed by atoms with Crippen molar-refractivity contribution in [1.29, 1.82) is 0 Å². The van der Waals surface area contributed by atoms with Gasteiger partial charge in [0.05, 0.1) is 6.20 Å². The maximum Gasteiger partial charge on any atom is 0.180 e. The van der Waals surface area contributed by atoms with E-state index >= 15 is 0 Å². The molecule has 0 atom stereocenters. The van der Waals surface area contributed by atoms with Crippen molar-refractivity contribution in [1.82, 2.24) is 14.4 Å². The quantitative estimate of drug-likeness (QED) is 0.898. The van der Waals surface area contributed by atoms with Gasteiger partial charge in [-0.25, -0.2) is 9.97 Å². The summed E-state index contributed by atoms with van der Waals surface area (Å²) in [5.74, 6) is 3.06. The molecular weight excluding hydrogens is 238 g/mol. The molecule has 0 saturated carbocycles. The number of hydrogen-bond acceptors (Lipinski definition) is 4. The van der Waals surface area contributed by atoms with Crippen LogP contribution in [0.5, 0.6) is 0 Å². The molecule has 3 rings (SSSR count). The zero-order chi connectivity index (χ0) is 13.4. The van der Waals surface area contributed by atoms with Gasteiger partial charge in [-0.15, -0.1) is 0 Å². The van der Waals surface area contributed by atoms with Gasteiger partial charge in [-0.3, -0.25) is 0 Å². The molecule has 1 aliphatic rings. The maximum absolute atomic E-state index is 5.88. The minimum absolute atomic E-state index is 0.548. The van der Waals surface area contributed by atoms with E-state index in [9.17, 15) is 0 Å². The first-order valence-electron chi connectivity index (χ1n) is 6.99. The molecule has 5 heteroatoms. The zero-order valence-electron chi connectivity index (χ0n) is 11.6. The van der Waals surface area contributed by atoms with E-state index in [4.69, 9.17) is 5.73 Å². The van der Waals surface area contributed by atoms with Gasteiger partial charge in [-0.05, 0) is 24.7 Å². The minimum Gasteiger partial charge on any atom is -0.382 e. The highest BCUT2D eigenvalue weighted by Crippen LogP contribution is 2.28. The van der Waals surface area contributed by atoms with Gasteiger partial charge in [0.25, 0.3) is 0 Å². The van der Waals surface area contributed by atoms with Crippen LogP contribution in [0, 0.1) is 11.8 Å². The van der Waals surface area contributed by atoms with Crippen LogP contribution in [0.4, 0.5) is 11.6 Å². The monoisotopic (exact) mass is 259 g/mol. The summed E-state index contributed by atoms with van der Waals surface area (Å²) in [6.45, 7) is 6.71. The lowest BCUT2D eigenvalue weighted by molar-refractivity contribution is 0.311. The fraction of sp³-hybridized carbons (Fsp3) is 0.571. The Labute approximate surface area is 113 Å². The lowest BCUT2D eigenvalue weighted by atomic mass is 9.87. The third-order valence-electron chi connectivity index (χ3n) is 4.16. The molecule has 1 aliphatic heterocycles. The molecule has 5 nitrogen and oxygen atoms in total. The Balaban J connectivity index is 1.87. The van der Waals surface area contributed by atoms with Gasteiger partial charge in [0.15, 0.2) is 11.5 Å².